The molecule has 1 unspecified atom stereocenters. The van der Waals surface area contributed by atoms with E-state index in [1.54, 1.807) is 12.1 Å². The number of piperazine rings is 1. The van der Waals surface area contributed by atoms with Gasteiger partial charge in [-0.3, -0.25) is 0 Å². The molecule has 3 rings (SSSR count). The van der Waals surface area contributed by atoms with Crippen LogP contribution in [-0.2, 0) is 15.4 Å². The molecular formula is C16H21F2N3O2S2. The van der Waals surface area contributed by atoms with E-state index in [9.17, 15) is 17.2 Å². The van der Waals surface area contributed by atoms with Gasteiger partial charge in [-0.25, -0.2) is 22.2 Å². The fourth-order valence-electron chi connectivity index (χ4n) is 2.74. The van der Waals surface area contributed by atoms with Gasteiger partial charge in [0.15, 0.2) is 0 Å². The van der Waals surface area contributed by atoms with Crippen LogP contribution in [0.1, 0.15) is 25.8 Å². The van der Waals surface area contributed by atoms with E-state index in [0.717, 1.165) is 19.5 Å². The van der Waals surface area contributed by atoms with E-state index < -0.39 is 22.5 Å². The van der Waals surface area contributed by atoms with Gasteiger partial charge in [-0.15, -0.1) is 11.3 Å². The van der Waals surface area contributed by atoms with Crippen LogP contribution in [0.5, 0.6) is 0 Å². The zero-order valence-corrected chi connectivity index (χ0v) is 15.9. The number of aromatic nitrogens is 1. The van der Waals surface area contributed by atoms with Crippen molar-refractivity contribution in [2.24, 2.45) is 0 Å². The topological polar surface area (TPSA) is 62.3 Å². The number of rotatable bonds is 3. The molecule has 1 fully saturated rings. The lowest BCUT2D eigenvalue weighted by molar-refractivity contribution is 0.0514. The Morgan fingerprint density at radius 3 is 2.72 bits per heavy atom. The van der Waals surface area contributed by atoms with Crippen LogP contribution >= 0.6 is 11.3 Å². The maximum absolute atomic E-state index is 13.3. The van der Waals surface area contributed by atoms with Gasteiger partial charge < -0.3 is 5.32 Å². The number of hydrogen-bond donors (Lipinski definition) is 1. The number of thiazole rings is 1. The first-order chi connectivity index (χ1) is 11.6. The molecular weight excluding hydrogens is 368 g/mol. The number of halogens is 2. The third kappa shape index (κ3) is 3.55. The molecule has 0 radical (unpaired) electrons. The van der Waals surface area contributed by atoms with Crippen LogP contribution in [0.15, 0.2) is 23.1 Å². The van der Waals surface area contributed by atoms with Gasteiger partial charge >= 0.3 is 0 Å². The number of hydrogen-bond acceptors (Lipinski definition) is 5. The number of fused-ring (bicyclic) bond motifs is 1. The molecule has 0 bridgehead atoms. The predicted molar refractivity (Wildman–Crippen MR) is 94.9 cm³/mol. The fourth-order valence-corrected chi connectivity index (χ4v) is 5.51. The molecule has 0 spiro atoms. The molecule has 1 N–H and O–H groups in total. The Bertz CT molecular complexity index is 875. The summed E-state index contributed by atoms with van der Waals surface area (Å²) in [5.41, 5.74) is 0.585. The van der Waals surface area contributed by atoms with Crippen LogP contribution in [-0.4, -0.2) is 49.8 Å². The Morgan fingerprint density at radius 2 is 2.08 bits per heavy atom. The number of nitrogens with zero attached hydrogens (tertiary/aromatic N) is 2. The van der Waals surface area contributed by atoms with Crippen molar-refractivity contribution in [3.05, 3.63) is 23.2 Å². The smallest absolute Gasteiger partial charge is 0.256 e. The predicted octanol–water partition coefficient (Wildman–Crippen LogP) is 2.82. The van der Waals surface area contributed by atoms with Crippen LogP contribution in [0.25, 0.3) is 10.2 Å². The summed E-state index contributed by atoms with van der Waals surface area (Å²) in [5, 5.41) is 3.73. The van der Waals surface area contributed by atoms with Gasteiger partial charge in [-0.1, -0.05) is 20.8 Å². The minimum absolute atomic E-state index is 0.0330. The second-order valence-corrected chi connectivity index (χ2v) is 10.0. The summed E-state index contributed by atoms with van der Waals surface area (Å²) in [6, 6.07) is 3.30. The second kappa shape index (κ2) is 6.53. The van der Waals surface area contributed by atoms with Crippen LogP contribution in [0.2, 0.25) is 0 Å². The quantitative estimate of drug-likeness (QED) is 0.877. The maximum Gasteiger partial charge on any atom is 0.256 e. The lowest BCUT2D eigenvalue weighted by atomic mass is 9.98. The van der Waals surface area contributed by atoms with Crippen LogP contribution in [0.3, 0.4) is 0 Å². The number of nitrogens with one attached hydrogen (secondary N) is 1. The van der Waals surface area contributed by atoms with Crippen molar-refractivity contribution < 1.29 is 17.2 Å². The molecule has 2 heterocycles. The first-order valence-electron chi connectivity index (χ1n) is 8.02. The van der Waals surface area contributed by atoms with Gasteiger partial charge in [-0.2, -0.15) is 4.31 Å². The average Bonchev–Trinajstić information content (AvgIpc) is 2.98. The highest BCUT2D eigenvalue weighted by molar-refractivity contribution is 7.89. The summed E-state index contributed by atoms with van der Waals surface area (Å²) >= 11 is 1.43. The van der Waals surface area contributed by atoms with E-state index in [2.05, 4.69) is 10.3 Å². The Balaban J connectivity index is 2.02. The van der Waals surface area contributed by atoms with Crippen molar-refractivity contribution >= 4 is 31.6 Å². The zero-order valence-electron chi connectivity index (χ0n) is 14.3. The molecule has 1 aromatic heterocycles. The SMILES string of the molecule is CC(C)(C)c1nc2ccc(S(=O)(=O)N3CCNCC3C(F)F)cc2s1. The third-order valence-electron chi connectivity index (χ3n) is 4.13. The summed E-state index contributed by atoms with van der Waals surface area (Å²) in [4.78, 5) is 4.58. The van der Waals surface area contributed by atoms with Gasteiger partial charge in [0.25, 0.3) is 6.43 Å². The molecule has 1 aromatic carbocycles. The molecule has 2 aromatic rings. The summed E-state index contributed by atoms with van der Waals surface area (Å²) in [6.45, 7) is 6.46. The first-order valence-corrected chi connectivity index (χ1v) is 10.3. The molecule has 9 heteroatoms. The lowest BCUT2D eigenvalue weighted by Crippen LogP contribution is -2.56. The van der Waals surface area contributed by atoms with Crippen LogP contribution in [0.4, 0.5) is 8.78 Å². The highest BCUT2D eigenvalue weighted by Gasteiger charge is 2.38. The largest absolute Gasteiger partial charge is 0.314 e. The average molecular weight is 389 g/mol. The van der Waals surface area contributed by atoms with Gasteiger partial charge in [0, 0.05) is 25.0 Å². The van der Waals surface area contributed by atoms with Crippen LogP contribution < -0.4 is 5.32 Å². The van der Waals surface area contributed by atoms with Gasteiger partial charge in [-0.05, 0) is 18.2 Å². The zero-order chi connectivity index (χ0) is 18.4. The summed E-state index contributed by atoms with van der Waals surface area (Å²) < 4.78 is 54.0. The summed E-state index contributed by atoms with van der Waals surface area (Å²) in [5.74, 6) is 0. The summed E-state index contributed by atoms with van der Waals surface area (Å²) in [6.07, 6.45) is -2.73. The van der Waals surface area contributed by atoms with E-state index in [4.69, 9.17) is 0 Å². The number of benzene rings is 1. The normalized spacial score (nSPS) is 20.5. The van der Waals surface area contributed by atoms with Crippen LogP contribution in [0, 0.1) is 0 Å². The minimum atomic E-state index is -3.98. The lowest BCUT2D eigenvalue weighted by Gasteiger charge is -2.34. The van der Waals surface area contributed by atoms with E-state index in [1.807, 2.05) is 20.8 Å². The molecule has 5 nitrogen and oxygen atoms in total. The van der Waals surface area contributed by atoms with Crippen molar-refractivity contribution in [2.75, 3.05) is 19.6 Å². The Labute approximate surface area is 150 Å². The van der Waals surface area contributed by atoms with E-state index in [1.165, 1.54) is 17.4 Å². The van der Waals surface area contributed by atoms with E-state index in [0.29, 0.717) is 6.54 Å². The molecule has 1 aliphatic rings. The monoisotopic (exact) mass is 389 g/mol. The fraction of sp³-hybridized carbons (Fsp3) is 0.562. The maximum atomic E-state index is 13.3. The van der Waals surface area contributed by atoms with Gasteiger partial charge in [0.2, 0.25) is 10.0 Å². The van der Waals surface area contributed by atoms with Crippen molar-refractivity contribution in [2.45, 2.75) is 43.5 Å². The minimum Gasteiger partial charge on any atom is -0.314 e. The Kier molecular flexibility index (Phi) is 4.87. The molecule has 0 saturated carbocycles. The first kappa shape index (κ1) is 18.6. The highest BCUT2D eigenvalue weighted by Crippen LogP contribution is 2.33. The third-order valence-corrected chi connectivity index (χ3v) is 7.50. The van der Waals surface area contributed by atoms with Crippen molar-refractivity contribution in [1.29, 1.82) is 0 Å². The van der Waals surface area contributed by atoms with Crippen molar-refractivity contribution in [3.63, 3.8) is 0 Å². The number of alkyl halides is 2. The van der Waals surface area contributed by atoms with Crippen molar-refractivity contribution in [1.82, 2.24) is 14.6 Å². The molecule has 0 amide bonds. The molecule has 138 valence electrons. The van der Waals surface area contributed by atoms with Gasteiger partial charge in [0.05, 0.1) is 26.2 Å². The van der Waals surface area contributed by atoms with E-state index in [-0.39, 0.29) is 23.4 Å². The number of sulfonamides is 1. The summed E-state index contributed by atoms with van der Waals surface area (Å²) in [7, 11) is -3.98. The second-order valence-electron chi connectivity index (χ2n) is 7.12. The molecule has 25 heavy (non-hydrogen) atoms. The Hall–Kier alpha value is -1.16. The standard InChI is InChI=1S/C16H21F2N3O2S2/c1-16(2,3)15-20-11-5-4-10(8-13(11)24-15)25(22,23)21-7-6-19-9-12(21)14(17)18/h4-5,8,12,14,19H,6-7,9H2,1-3H3. The molecule has 1 aliphatic heterocycles. The highest BCUT2D eigenvalue weighted by atomic mass is 32.2. The molecule has 1 atom stereocenters. The van der Waals surface area contributed by atoms with E-state index >= 15 is 0 Å². The van der Waals surface area contributed by atoms with Gasteiger partial charge in [0.1, 0.15) is 0 Å². The van der Waals surface area contributed by atoms with Crippen molar-refractivity contribution in [3.8, 4) is 0 Å². The Morgan fingerprint density at radius 1 is 1.36 bits per heavy atom. The molecule has 0 aliphatic carbocycles. The molecule has 1 saturated heterocycles.